The third-order valence-corrected chi connectivity index (χ3v) is 9.85. The van der Waals surface area contributed by atoms with Crippen molar-refractivity contribution in [3.05, 3.63) is 78.4 Å². The number of nitrogens with two attached hydrogens (primary N) is 1. The Morgan fingerprint density at radius 2 is 1.93 bits per heavy atom. The second-order valence-corrected chi connectivity index (χ2v) is 13.1. The summed E-state index contributed by atoms with van der Waals surface area (Å²) in [6.07, 6.45) is 4.89. The highest BCUT2D eigenvalue weighted by atomic mass is 35.5. The normalized spacial score (nSPS) is 18.3. The number of nitrogens with one attached hydrogen (secondary N) is 1. The number of carbonyl (C=O) groups excluding carboxylic acids is 1. The number of hydrogen-bond acceptors (Lipinski definition) is 7. The van der Waals surface area contributed by atoms with Gasteiger partial charge in [-0.15, -0.1) is 0 Å². The van der Waals surface area contributed by atoms with Crippen LogP contribution in [0.3, 0.4) is 0 Å². The molecule has 14 heteroatoms. The molecule has 1 unspecified atom stereocenters. The van der Waals surface area contributed by atoms with Crippen molar-refractivity contribution in [2.24, 2.45) is 5.92 Å². The minimum atomic E-state index is -0.987. The Hall–Kier alpha value is -3.75. The molecule has 1 fully saturated rings. The molecule has 1 saturated heterocycles. The summed E-state index contributed by atoms with van der Waals surface area (Å²) in [5.41, 5.74) is 6.60. The van der Waals surface area contributed by atoms with Gasteiger partial charge in [-0.05, 0) is 49.8 Å². The van der Waals surface area contributed by atoms with E-state index in [2.05, 4.69) is 18.0 Å². The Morgan fingerprint density at radius 3 is 2.54 bits per heavy atom. The topological polar surface area (TPSA) is 120 Å². The Bertz CT molecular complexity index is 1950. The van der Waals surface area contributed by atoms with Crippen molar-refractivity contribution >= 4 is 80.4 Å². The molecule has 0 bridgehead atoms. The highest BCUT2D eigenvalue weighted by molar-refractivity contribution is 6.48. The summed E-state index contributed by atoms with van der Waals surface area (Å²) in [6, 6.07) is 3.11. The third kappa shape index (κ3) is 5.39. The van der Waals surface area contributed by atoms with Crippen molar-refractivity contribution in [2.75, 3.05) is 30.3 Å². The summed E-state index contributed by atoms with van der Waals surface area (Å²) in [4.78, 5) is 35.4. The molecule has 9 nitrogen and oxygen atoms in total. The lowest BCUT2D eigenvalue weighted by atomic mass is 9.94. The van der Waals surface area contributed by atoms with E-state index in [-0.39, 0.29) is 61.4 Å². The Labute approximate surface area is 285 Å². The Kier molecular flexibility index (Phi) is 9.35. The maximum absolute atomic E-state index is 14.7. The fourth-order valence-electron chi connectivity index (χ4n) is 6.07. The number of hydrogen-bond donors (Lipinski definition) is 2. The van der Waals surface area contributed by atoms with Crippen LogP contribution in [0.2, 0.25) is 20.1 Å². The van der Waals surface area contributed by atoms with Crippen LogP contribution in [0.4, 0.5) is 15.8 Å². The number of dihydropyridines is 1. The van der Waals surface area contributed by atoms with E-state index in [1.807, 2.05) is 38.7 Å². The van der Waals surface area contributed by atoms with Crippen molar-refractivity contribution in [2.45, 2.75) is 39.8 Å². The second-order valence-electron chi connectivity index (χ2n) is 11.5. The summed E-state index contributed by atoms with van der Waals surface area (Å²) >= 11 is 26.1. The van der Waals surface area contributed by atoms with Gasteiger partial charge in [0, 0.05) is 36.6 Å². The fraction of sp³-hybridized carbons (Fsp3) is 0.312. The average molecular weight is 705 g/mol. The minimum Gasteiger partial charge on any atom is -0.395 e. The highest BCUT2D eigenvalue weighted by Crippen LogP contribution is 2.47. The highest BCUT2D eigenvalue weighted by Gasteiger charge is 2.34. The van der Waals surface area contributed by atoms with Gasteiger partial charge in [-0.3, -0.25) is 14.2 Å². The van der Waals surface area contributed by atoms with E-state index in [0.717, 1.165) is 5.57 Å². The van der Waals surface area contributed by atoms with Crippen molar-refractivity contribution in [1.82, 2.24) is 19.8 Å². The number of nitrogens with zero attached hydrogens (tertiary/aromatic N) is 5. The number of anilines is 2. The number of benzene rings is 1. The van der Waals surface area contributed by atoms with Crippen LogP contribution in [0, 0.1) is 23.1 Å². The zero-order valence-electron chi connectivity index (χ0n) is 25.4. The van der Waals surface area contributed by atoms with Gasteiger partial charge in [-0.1, -0.05) is 66.8 Å². The van der Waals surface area contributed by atoms with Gasteiger partial charge in [-0.2, -0.15) is 5.26 Å². The molecular weight excluding hydrogens is 675 g/mol. The molecule has 2 aliphatic rings. The number of allylic oxidation sites excluding steroid dienone is 2. The third-order valence-electron chi connectivity index (χ3n) is 8.34. The first-order valence-electron chi connectivity index (χ1n) is 14.4. The lowest BCUT2D eigenvalue weighted by Gasteiger charge is -2.41. The summed E-state index contributed by atoms with van der Waals surface area (Å²) in [5.74, 6) is -1.18. The summed E-state index contributed by atoms with van der Waals surface area (Å²) in [6.45, 7) is 12.3. The standard InChI is InChI=1S/C32H30Cl4FN7O2/c1-6-20(45)43-10-9-42(13-16(43)5)30-17-11-19(33)28(21-22(34)24(36)25(37)26(39)23(21)35)41-31(17)44(32(46)18(30)12-38)29-15(4)7-8-40-27(29)14(2)3/h6-8,11,14,16,27,40H,1,9-10,13,39H2,2-5H3/t16-,27?/m1/s1. The predicted octanol–water partition coefficient (Wildman–Crippen LogP) is 6.87. The number of pyridine rings is 2. The first-order chi connectivity index (χ1) is 21.7. The van der Waals surface area contributed by atoms with E-state index in [1.54, 1.807) is 17.2 Å². The van der Waals surface area contributed by atoms with Crippen LogP contribution in [-0.2, 0) is 4.79 Å². The Morgan fingerprint density at radius 1 is 1.24 bits per heavy atom. The number of rotatable bonds is 5. The molecule has 2 aromatic heterocycles. The Balaban J connectivity index is 1.91. The first kappa shape index (κ1) is 33.6. The maximum Gasteiger partial charge on any atom is 0.276 e. The van der Waals surface area contributed by atoms with Crippen LogP contribution in [0.25, 0.3) is 28.0 Å². The molecule has 1 aromatic carbocycles. The quantitative estimate of drug-likeness (QED) is 0.129. The molecule has 3 N–H and O–H groups in total. The zero-order valence-corrected chi connectivity index (χ0v) is 28.4. The molecule has 0 spiro atoms. The van der Waals surface area contributed by atoms with Gasteiger partial charge in [0.1, 0.15) is 17.3 Å². The maximum atomic E-state index is 14.7. The van der Waals surface area contributed by atoms with Crippen LogP contribution in [0.1, 0.15) is 33.3 Å². The smallest absolute Gasteiger partial charge is 0.276 e. The van der Waals surface area contributed by atoms with E-state index >= 15 is 0 Å². The van der Waals surface area contributed by atoms with Crippen LogP contribution in [0.5, 0.6) is 0 Å². The SMILES string of the molecule is C=CC(=O)N1CCN(c2c(C#N)c(=O)n(C3=C(C)C=CNC3C(C)C)c3nc(-c4c(Cl)c(N)c(F)c(Cl)c4Cl)c(Cl)cc23)C[C@H]1C. The number of aromatic nitrogens is 2. The average Bonchev–Trinajstić information content (AvgIpc) is 3.02. The molecule has 5 rings (SSSR count). The molecule has 2 atom stereocenters. The molecule has 0 saturated carbocycles. The molecule has 1 amide bonds. The van der Waals surface area contributed by atoms with Gasteiger partial charge in [0.2, 0.25) is 5.91 Å². The number of carbonyl (C=O) groups is 1. The van der Waals surface area contributed by atoms with Crippen molar-refractivity contribution in [1.29, 1.82) is 5.26 Å². The van der Waals surface area contributed by atoms with E-state index < -0.39 is 22.1 Å². The van der Waals surface area contributed by atoms with Crippen LogP contribution < -0.4 is 21.5 Å². The monoisotopic (exact) mass is 703 g/mol. The van der Waals surface area contributed by atoms with E-state index in [1.165, 1.54) is 10.6 Å². The van der Waals surface area contributed by atoms with Gasteiger partial charge >= 0.3 is 0 Å². The van der Waals surface area contributed by atoms with Crippen molar-refractivity contribution < 1.29 is 9.18 Å². The number of amides is 1. The van der Waals surface area contributed by atoms with Gasteiger partial charge in [0.25, 0.3) is 5.56 Å². The fourth-order valence-corrected chi connectivity index (χ4v) is 7.10. The summed E-state index contributed by atoms with van der Waals surface area (Å²) in [5, 5.41) is 13.3. The molecule has 240 valence electrons. The zero-order chi connectivity index (χ0) is 33.8. The largest absolute Gasteiger partial charge is 0.395 e. The molecule has 3 aromatic rings. The number of nitriles is 1. The van der Waals surface area contributed by atoms with Crippen LogP contribution in [-0.4, -0.2) is 52.1 Å². The van der Waals surface area contributed by atoms with E-state index in [9.17, 15) is 19.2 Å². The molecule has 46 heavy (non-hydrogen) atoms. The molecule has 2 aliphatic heterocycles. The van der Waals surface area contributed by atoms with Gasteiger partial charge in [-0.25, -0.2) is 9.37 Å². The minimum absolute atomic E-state index is 0.00926. The molecular formula is C32H30Cl4FN7O2. The molecule has 0 aliphatic carbocycles. The summed E-state index contributed by atoms with van der Waals surface area (Å²) in [7, 11) is 0. The van der Waals surface area contributed by atoms with Crippen molar-refractivity contribution in [3.63, 3.8) is 0 Å². The van der Waals surface area contributed by atoms with Crippen molar-refractivity contribution in [3.8, 4) is 17.3 Å². The molecule has 0 radical (unpaired) electrons. The van der Waals surface area contributed by atoms with Gasteiger partial charge in [0.15, 0.2) is 5.82 Å². The lowest BCUT2D eigenvalue weighted by molar-refractivity contribution is -0.128. The second kappa shape index (κ2) is 12.8. The summed E-state index contributed by atoms with van der Waals surface area (Å²) < 4.78 is 16.1. The van der Waals surface area contributed by atoms with E-state index in [0.29, 0.717) is 36.4 Å². The van der Waals surface area contributed by atoms with Gasteiger partial charge in [0.05, 0.1) is 48.9 Å². The lowest BCUT2D eigenvalue weighted by Crippen LogP contribution is -2.54. The number of fused-ring (bicyclic) bond motifs is 1. The van der Waals surface area contributed by atoms with E-state index in [4.69, 9.17) is 57.1 Å². The predicted molar refractivity (Wildman–Crippen MR) is 184 cm³/mol. The van der Waals surface area contributed by atoms with Gasteiger partial charge < -0.3 is 20.9 Å². The van der Waals surface area contributed by atoms with Crippen LogP contribution in [0.15, 0.2) is 41.4 Å². The molecule has 4 heterocycles. The number of halogens is 5. The number of piperazine rings is 1. The number of nitrogen functional groups attached to an aromatic ring is 1. The van der Waals surface area contributed by atoms with Crippen LogP contribution >= 0.6 is 46.4 Å². The first-order valence-corrected chi connectivity index (χ1v) is 15.9.